The molecule has 7 heteroatoms. The minimum absolute atomic E-state index is 0.0247. The van der Waals surface area contributed by atoms with Gasteiger partial charge in [-0.05, 0) is 5.56 Å². The minimum Gasteiger partial charge on any atom is -0.392 e. The van der Waals surface area contributed by atoms with Gasteiger partial charge in [-0.1, -0.05) is 42.5 Å². The van der Waals surface area contributed by atoms with Crippen molar-refractivity contribution >= 4 is 27.2 Å². The molecule has 0 atom stereocenters. The molecule has 1 aromatic carbocycles. The van der Waals surface area contributed by atoms with E-state index < -0.39 is 10.0 Å². The van der Waals surface area contributed by atoms with E-state index in [2.05, 4.69) is 29.3 Å². The summed E-state index contributed by atoms with van der Waals surface area (Å²) in [4.78, 5) is 2.28. The molecule has 0 aliphatic carbocycles. The standard InChI is InChI=1S/C13H19N3O2S2/c14-13(19)11-20(17,18)16-8-6-15(7-9-16)10-12-4-2-1-3-5-12/h1-5H,6-11H2,(H2,14,19). The highest BCUT2D eigenvalue weighted by molar-refractivity contribution is 7.92. The second-order valence-electron chi connectivity index (χ2n) is 4.88. The molecular formula is C13H19N3O2S2. The number of nitrogens with two attached hydrogens (primary N) is 1. The predicted molar refractivity (Wildman–Crippen MR) is 83.9 cm³/mol. The van der Waals surface area contributed by atoms with Gasteiger partial charge in [0.1, 0.15) is 5.75 Å². The molecule has 1 aliphatic rings. The summed E-state index contributed by atoms with van der Waals surface area (Å²) in [7, 11) is -3.34. The third-order valence-electron chi connectivity index (χ3n) is 3.30. The normalized spacial score (nSPS) is 18.0. The molecule has 0 saturated carbocycles. The highest BCUT2D eigenvalue weighted by atomic mass is 32.2. The van der Waals surface area contributed by atoms with Crippen molar-refractivity contribution in [3.8, 4) is 0 Å². The van der Waals surface area contributed by atoms with Crippen molar-refractivity contribution in [2.75, 3.05) is 31.9 Å². The number of thiocarbonyl (C=S) groups is 1. The summed E-state index contributed by atoms with van der Waals surface area (Å²) in [6.45, 7) is 3.30. The van der Waals surface area contributed by atoms with Crippen LogP contribution in [0.1, 0.15) is 5.56 Å². The summed E-state index contributed by atoms with van der Waals surface area (Å²) < 4.78 is 25.5. The van der Waals surface area contributed by atoms with Gasteiger partial charge in [-0.25, -0.2) is 8.42 Å². The molecule has 1 fully saturated rings. The lowest BCUT2D eigenvalue weighted by atomic mass is 10.2. The lowest BCUT2D eigenvalue weighted by molar-refractivity contribution is 0.182. The van der Waals surface area contributed by atoms with Crippen molar-refractivity contribution in [2.24, 2.45) is 5.73 Å². The Kier molecular flexibility index (Phi) is 5.09. The summed E-state index contributed by atoms with van der Waals surface area (Å²) in [5, 5.41) is 0. The average Bonchev–Trinajstić information content (AvgIpc) is 2.39. The maximum Gasteiger partial charge on any atom is 0.220 e. The van der Waals surface area contributed by atoms with Crippen LogP contribution in [0, 0.1) is 0 Å². The van der Waals surface area contributed by atoms with Crippen LogP contribution >= 0.6 is 12.2 Å². The van der Waals surface area contributed by atoms with E-state index in [1.165, 1.54) is 9.87 Å². The number of benzene rings is 1. The second-order valence-corrected chi connectivity index (χ2v) is 7.38. The maximum atomic E-state index is 12.0. The molecule has 1 heterocycles. The van der Waals surface area contributed by atoms with Gasteiger partial charge >= 0.3 is 0 Å². The molecule has 2 rings (SSSR count). The summed E-state index contributed by atoms with van der Waals surface area (Å²) in [5.41, 5.74) is 6.57. The lowest BCUT2D eigenvalue weighted by Crippen LogP contribution is -2.49. The third kappa shape index (κ3) is 4.24. The van der Waals surface area contributed by atoms with Crippen LogP contribution < -0.4 is 5.73 Å². The van der Waals surface area contributed by atoms with Crippen molar-refractivity contribution in [3.05, 3.63) is 35.9 Å². The van der Waals surface area contributed by atoms with E-state index in [1.807, 2.05) is 18.2 Å². The van der Waals surface area contributed by atoms with E-state index >= 15 is 0 Å². The highest BCUT2D eigenvalue weighted by Gasteiger charge is 2.27. The number of hydrogen-bond donors (Lipinski definition) is 1. The molecule has 0 bridgehead atoms. The van der Waals surface area contributed by atoms with Crippen LogP contribution in [0.5, 0.6) is 0 Å². The molecule has 2 N–H and O–H groups in total. The van der Waals surface area contributed by atoms with Gasteiger partial charge in [0.2, 0.25) is 10.0 Å². The molecule has 5 nitrogen and oxygen atoms in total. The topological polar surface area (TPSA) is 66.6 Å². The van der Waals surface area contributed by atoms with E-state index in [9.17, 15) is 8.42 Å². The zero-order valence-corrected chi connectivity index (χ0v) is 12.9. The summed E-state index contributed by atoms with van der Waals surface area (Å²) in [6.07, 6.45) is 0. The fourth-order valence-corrected chi connectivity index (χ4v) is 3.99. The first-order valence-corrected chi connectivity index (χ1v) is 8.51. The van der Waals surface area contributed by atoms with E-state index in [1.54, 1.807) is 0 Å². The smallest absolute Gasteiger partial charge is 0.220 e. The summed E-state index contributed by atoms with van der Waals surface area (Å²) in [5.74, 6) is -0.235. The SMILES string of the molecule is NC(=S)CS(=O)(=O)N1CCN(Cc2ccccc2)CC1. The fraction of sp³-hybridized carbons (Fsp3) is 0.462. The Morgan fingerprint density at radius 1 is 1.15 bits per heavy atom. The number of nitrogens with zero attached hydrogens (tertiary/aromatic N) is 2. The quantitative estimate of drug-likeness (QED) is 0.798. The van der Waals surface area contributed by atoms with Crippen LogP contribution in [0.25, 0.3) is 0 Å². The maximum absolute atomic E-state index is 12.0. The summed E-state index contributed by atoms with van der Waals surface area (Å²) in [6, 6.07) is 10.2. The van der Waals surface area contributed by atoms with Crippen molar-refractivity contribution in [1.82, 2.24) is 9.21 Å². The first kappa shape index (κ1) is 15.4. The van der Waals surface area contributed by atoms with Crippen molar-refractivity contribution in [1.29, 1.82) is 0 Å². The molecule has 0 radical (unpaired) electrons. The third-order valence-corrected chi connectivity index (χ3v) is 5.45. The number of rotatable bonds is 5. The lowest BCUT2D eigenvalue weighted by Gasteiger charge is -2.33. The molecular weight excluding hydrogens is 294 g/mol. The Morgan fingerprint density at radius 3 is 2.30 bits per heavy atom. The first-order valence-electron chi connectivity index (χ1n) is 6.50. The van der Waals surface area contributed by atoms with Gasteiger partial charge in [0.15, 0.2) is 0 Å². The average molecular weight is 313 g/mol. The Labute approximate surface area is 125 Å². The number of sulfonamides is 1. The molecule has 20 heavy (non-hydrogen) atoms. The van der Waals surface area contributed by atoms with Crippen molar-refractivity contribution < 1.29 is 8.42 Å². The van der Waals surface area contributed by atoms with E-state index in [0.717, 1.165) is 19.6 Å². The Bertz CT molecular complexity index is 552. The zero-order valence-electron chi connectivity index (χ0n) is 11.2. The Balaban J connectivity index is 1.88. The van der Waals surface area contributed by atoms with E-state index in [0.29, 0.717) is 13.1 Å². The Hall–Kier alpha value is -1.02. The monoisotopic (exact) mass is 313 g/mol. The van der Waals surface area contributed by atoms with Crippen LogP contribution in [0.15, 0.2) is 30.3 Å². The van der Waals surface area contributed by atoms with Crippen LogP contribution in [0.2, 0.25) is 0 Å². The number of hydrogen-bond acceptors (Lipinski definition) is 4. The Morgan fingerprint density at radius 2 is 1.75 bits per heavy atom. The van der Waals surface area contributed by atoms with Crippen LogP contribution in [-0.4, -0.2) is 54.5 Å². The fourth-order valence-electron chi connectivity index (χ4n) is 2.28. The largest absolute Gasteiger partial charge is 0.392 e. The van der Waals surface area contributed by atoms with Gasteiger partial charge in [-0.3, -0.25) is 4.90 Å². The van der Waals surface area contributed by atoms with Gasteiger partial charge in [0, 0.05) is 32.7 Å². The van der Waals surface area contributed by atoms with Crippen molar-refractivity contribution in [2.45, 2.75) is 6.54 Å². The minimum atomic E-state index is -3.34. The molecule has 110 valence electrons. The predicted octanol–water partition coefficient (Wildman–Crippen LogP) is 0.420. The molecule has 0 aromatic heterocycles. The second kappa shape index (κ2) is 6.62. The van der Waals surface area contributed by atoms with Crippen molar-refractivity contribution in [3.63, 3.8) is 0 Å². The van der Waals surface area contributed by atoms with Gasteiger partial charge in [-0.2, -0.15) is 4.31 Å². The highest BCUT2D eigenvalue weighted by Crippen LogP contribution is 2.11. The molecule has 1 aromatic rings. The van der Waals surface area contributed by atoms with Gasteiger partial charge in [0.05, 0.1) is 4.99 Å². The van der Waals surface area contributed by atoms with Crippen LogP contribution in [0.3, 0.4) is 0 Å². The zero-order chi connectivity index (χ0) is 14.6. The molecule has 1 saturated heterocycles. The van der Waals surface area contributed by atoms with E-state index in [4.69, 9.17) is 5.73 Å². The van der Waals surface area contributed by atoms with Crippen LogP contribution in [0.4, 0.5) is 0 Å². The van der Waals surface area contributed by atoms with Gasteiger partial charge < -0.3 is 5.73 Å². The van der Waals surface area contributed by atoms with Gasteiger partial charge in [-0.15, -0.1) is 0 Å². The summed E-state index contributed by atoms with van der Waals surface area (Å²) >= 11 is 4.68. The first-order chi connectivity index (χ1) is 9.47. The molecule has 0 unspecified atom stereocenters. The number of piperazine rings is 1. The van der Waals surface area contributed by atoms with Crippen LogP contribution in [-0.2, 0) is 16.6 Å². The van der Waals surface area contributed by atoms with E-state index in [-0.39, 0.29) is 10.7 Å². The molecule has 0 amide bonds. The molecule has 0 spiro atoms. The molecule has 1 aliphatic heterocycles. The van der Waals surface area contributed by atoms with Gasteiger partial charge in [0.25, 0.3) is 0 Å².